The van der Waals surface area contributed by atoms with Crippen LogP contribution in [0.2, 0.25) is 0 Å². The Morgan fingerprint density at radius 3 is 2.29 bits per heavy atom. The Morgan fingerprint density at radius 2 is 1.74 bits per heavy atom. The van der Waals surface area contributed by atoms with Gasteiger partial charge in [-0.25, -0.2) is 8.42 Å². The fourth-order valence-corrected chi connectivity index (χ4v) is 5.00. The van der Waals surface area contributed by atoms with Crippen molar-refractivity contribution in [2.75, 3.05) is 31.3 Å². The maximum absolute atomic E-state index is 13.3. The third kappa shape index (κ3) is 7.71. The van der Waals surface area contributed by atoms with Crippen molar-refractivity contribution < 1.29 is 22.7 Å². The fourth-order valence-electron chi connectivity index (χ4n) is 3.98. The molecule has 0 aliphatic carbocycles. The van der Waals surface area contributed by atoms with E-state index in [2.05, 4.69) is 5.32 Å². The number of amides is 2. The van der Waals surface area contributed by atoms with E-state index in [0.29, 0.717) is 24.3 Å². The molecule has 0 saturated heterocycles. The van der Waals surface area contributed by atoms with Crippen molar-refractivity contribution >= 4 is 27.5 Å². The molecule has 0 spiro atoms. The van der Waals surface area contributed by atoms with Crippen molar-refractivity contribution in [3.63, 3.8) is 0 Å². The highest BCUT2D eigenvalue weighted by Crippen LogP contribution is 2.25. The Hall–Kier alpha value is -3.07. The SMILES string of the molecule is CC[C@@H](C(=O)NC)N(Cc1ccc(OC)cc1)C(=O)CCCN(c1cc(C)ccc1C)S(C)(=O)=O. The highest BCUT2D eigenvalue weighted by atomic mass is 32.2. The molecule has 0 saturated carbocycles. The smallest absolute Gasteiger partial charge is 0.242 e. The third-order valence-electron chi connectivity index (χ3n) is 5.93. The molecule has 2 aromatic rings. The van der Waals surface area contributed by atoms with Crippen molar-refractivity contribution in [2.24, 2.45) is 0 Å². The van der Waals surface area contributed by atoms with E-state index in [1.807, 2.05) is 63.2 Å². The van der Waals surface area contributed by atoms with Gasteiger partial charge in [0.2, 0.25) is 21.8 Å². The first-order valence-electron chi connectivity index (χ1n) is 11.7. The van der Waals surface area contributed by atoms with Crippen LogP contribution in [0.4, 0.5) is 5.69 Å². The van der Waals surface area contributed by atoms with Gasteiger partial charge in [0.15, 0.2) is 0 Å². The molecule has 0 aromatic heterocycles. The molecule has 0 radical (unpaired) electrons. The molecule has 2 rings (SSSR count). The number of likely N-dealkylation sites (N-methyl/N-ethyl adjacent to an activating group) is 1. The lowest BCUT2D eigenvalue weighted by molar-refractivity contribution is -0.141. The molecule has 0 fully saturated rings. The maximum atomic E-state index is 13.3. The number of nitrogens with one attached hydrogen (secondary N) is 1. The summed E-state index contributed by atoms with van der Waals surface area (Å²) in [4.78, 5) is 27.4. The number of aryl methyl sites for hydroxylation is 2. The molecule has 192 valence electrons. The van der Waals surface area contributed by atoms with Crippen LogP contribution in [-0.4, -0.2) is 58.1 Å². The summed E-state index contributed by atoms with van der Waals surface area (Å²) in [7, 11) is -0.401. The molecule has 35 heavy (non-hydrogen) atoms. The predicted octanol–water partition coefficient (Wildman–Crippen LogP) is 3.41. The summed E-state index contributed by atoms with van der Waals surface area (Å²) in [5, 5.41) is 2.64. The average molecular weight is 504 g/mol. The standard InChI is InChI=1S/C26H37N3O5S/c1-7-23(26(31)27-4)28(18-21-12-14-22(34-5)15-13-21)25(30)9-8-16-29(35(6,32)33)24-17-19(2)10-11-20(24)3/h10-15,17,23H,7-9,16,18H2,1-6H3,(H,27,31)/t23-/m0/s1. The van der Waals surface area contributed by atoms with Crippen molar-refractivity contribution in [3.8, 4) is 5.75 Å². The molecule has 1 atom stereocenters. The zero-order chi connectivity index (χ0) is 26.2. The van der Waals surface area contributed by atoms with Crippen LogP contribution in [-0.2, 0) is 26.2 Å². The molecule has 0 aliphatic heterocycles. The second-order valence-corrected chi connectivity index (χ2v) is 10.5. The van der Waals surface area contributed by atoms with Crippen LogP contribution >= 0.6 is 0 Å². The van der Waals surface area contributed by atoms with E-state index < -0.39 is 16.1 Å². The van der Waals surface area contributed by atoms with E-state index in [0.717, 1.165) is 16.7 Å². The largest absolute Gasteiger partial charge is 0.497 e. The van der Waals surface area contributed by atoms with Crippen LogP contribution in [0.25, 0.3) is 0 Å². The van der Waals surface area contributed by atoms with Gasteiger partial charge in [0.05, 0.1) is 19.1 Å². The van der Waals surface area contributed by atoms with E-state index in [4.69, 9.17) is 4.74 Å². The number of hydrogen-bond donors (Lipinski definition) is 1. The summed E-state index contributed by atoms with van der Waals surface area (Å²) >= 11 is 0. The first-order valence-corrected chi connectivity index (χ1v) is 13.6. The summed E-state index contributed by atoms with van der Waals surface area (Å²) in [5.74, 6) is 0.269. The van der Waals surface area contributed by atoms with Gasteiger partial charge < -0.3 is 15.0 Å². The molecule has 8 nitrogen and oxygen atoms in total. The summed E-state index contributed by atoms with van der Waals surface area (Å²) in [6.45, 7) is 6.07. The Labute approximate surface area is 209 Å². The molecular weight excluding hydrogens is 466 g/mol. The monoisotopic (exact) mass is 503 g/mol. The number of anilines is 1. The number of ether oxygens (including phenoxy) is 1. The summed E-state index contributed by atoms with van der Waals surface area (Å²) < 4.78 is 31.7. The number of carbonyl (C=O) groups is 2. The third-order valence-corrected chi connectivity index (χ3v) is 7.11. The number of benzene rings is 2. The first kappa shape index (κ1) is 28.2. The molecule has 0 aliphatic rings. The fraction of sp³-hybridized carbons (Fsp3) is 0.462. The summed E-state index contributed by atoms with van der Waals surface area (Å²) in [5.41, 5.74) is 3.29. The van der Waals surface area contributed by atoms with Crippen molar-refractivity contribution in [1.82, 2.24) is 10.2 Å². The predicted molar refractivity (Wildman–Crippen MR) is 139 cm³/mol. The number of sulfonamides is 1. The Balaban J connectivity index is 2.22. The van der Waals surface area contributed by atoms with Gasteiger partial charge in [0.25, 0.3) is 0 Å². The number of hydrogen-bond acceptors (Lipinski definition) is 5. The Kier molecular flexibility index (Phi) is 10.1. The second kappa shape index (κ2) is 12.6. The molecule has 0 bridgehead atoms. The van der Waals surface area contributed by atoms with E-state index in [9.17, 15) is 18.0 Å². The molecule has 2 aromatic carbocycles. The highest BCUT2D eigenvalue weighted by Gasteiger charge is 2.28. The van der Waals surface area contributed by atoms with Gasteiger partial charge in [-0.1, -0.05) is 31.2 Å². The van der Waals surface area contributed by atoms with Gasteiger partial charge >= 0.3 is 0 Å². The van der Waals surface area contributed by atoms with Gasteiger partial charge in [-0.2, -0.15) is 0 Å². The lowest BCUT2D eigenvalue weighted by atomic mass is 10.1. The van der Waals surface area contributed by atoms with E-state index in [-0.39, 0.29) is 31.3 Å². The van der Waals surface area contributed by atoms with Crippen LogP contribution < -0.4 is 14.4 Å². The van der Waals surface area contributed by atoms with E-state index in [1.165, 1.54) is 10.6 Å². The molecular formula is C26H37N3O5S. The van der Waals surface area contributed by atoms with Crippen LogP contribution in [0.1, 0.15) is 42.9 Å². The Morgan fingerprint density at radius 1 is 1.09 bits per heavy atom. The zero-order valence-corrected chi connectivity index (χ0v) is 22.3. The lowest BCUT2D eigenvalue weighted by Gasteiger charge is -2.31. The van der Waals surface area contributed by atoms with Gasteiger partial charge in [-0.3, -0.25) is 13.9 Å². The van der Waals surface area contributed by atoms with Gasteiger partial charge in [-0.15, -0.1) is 0 Å². The van der Waals surface area contributed by atoms with E-state index >= 15 is 0 Å². The molecule has 0 unspecified atom stereocenters. The molecule has 9 heteroatoms. The number of rotatable bonds is 12. The second-order valence-electron chi connectivity index (χ2n) is 8.64. The number of nitrogens with zero attached hydrogens (tertiary/aromatic N) is 2. The minimum Gasteiger partial charge on any atom is -0.497 e. The van der Waals surface area contributed by atoms with Gasteiger partial charge in [-0.05, 0) is 61.6 Å². The van der Waals surface area contributed by atoms with Crippen molar-refractivity contribution in [3.05, 3.63) is 59.2 Å². The van der Waals surface area contributed by atoms with Gasteiger partial charge in [0.1, 0.15) is 11.8 Å². The zero-order valence-electron chi connectivity index (χ0n) is 21.5. The van der Waals surface area contributed by atoms with Gasteiger partial charge in [0, 0.05) is 26.6 Å². The summed E-state index contributed by atoms with van der Waals surface area (Å²) in [6.07, 6.45) is 2.06. The minimum atomic E-state index is -3.54. The quantitative estimate of drug-likeness (QED) is 0.479. The van der Waals surface area contributed by atoms with Crippen molar-refractivity contribution in [2.45, 2.75) is 52.6 Å². The number of methoxy groups -OCH3 is 1. The Bertz CT molecular complexity index is 1120. The molecule has 1 N–H and O–H groups in total. The average Bonchev–Trinajstić information content (AvgIpc) is 2.82. The minimum absolute atomic E-state index is 0.112. The highest BCUT2D eigenvalue weighted by molar-refractivity contribution is 7.92. The summed E-state index contributed by atoms with van der Waals surface area (Å²) in [6, 6.07) is 12.4. The molecule has 0 heterocycles. The molecule has 2 amide bonds. The van der Waals surface area contributed by atoms with Crippen LogP contribution in [0, 0.1) is 13.8 Å². The first-order chi connectivity index (χ1) is 16.5. The van der Waals surface area contributed by atoms with Crippen LogP contribution in [0.3, 0.4) is 0 Å². The van der Waals surface area contributed by atoms with Crippen molar-refractivity contribution in [1.29, 1.82) is 0 Å². The van der Waals surface area contributed by atoms with E-state index in [1.54, 1.807) is 19.1 Å². The van der Waals surface area contributed by atoms with Crippen LogP contribution in [0.15, 0.2) is 42.5 Å². The lowest BCUT2D eigenvalue weighted by Crippen LogP contribution is -2.48. The topological polar surface area (TPSA) is 96.0 Å². The maximum Gasteiger partial charge on any atom is 0.242 e. The normalized spacial score (nSPS) is 12.1. The number of carbonyl (C=O) groups excluding carboxylic acids is 2. The van der Waals surface area contributed by atoms with Crippen LogP contribution in [0.5, 0.6) is 5.75 Å².